The number of amides is 2. The number of non-ortho nitro benzene ring substituents is 1. The molecule has 0 saturated heterocycles. The number of carbonyl (C=O) groups excluding carboxylic acids is 2. The van der Waals surface area contributed by atoms with Crippen molar-refractivity contribution in [2.45, 2.75) is 0 Å². The summed E-state index contributed by atoms with van der Waals surface area (Å²) in [4.78, 5) is 37.2. The quantitative estimate of drug-likeness (QED) is 0.376. The van der Waals surface area contributed by atoms with Gasteiger partial charge in [0.1, 0.15) is 6.61 Å². The highest BCUT2D eigenvalue weighted by atomic mass is 35.5. The monoisotopic (exact) mass is 471 g/mol. The van der Waals surface area contributed by atoms with E-state index in [9.17, 15) is 24.1 Å². The number of halogens is 2. The van der Waals surface area contributed by atoms with Crippen LogP contribution in [-0.4, -0.2) is 41.8 Å². The molecule has 0 spiro atoms. The molecule has 0 saturated carbocycles. The Hall–Kier alpha value is -3.98. The van der Waals surface area contributed by atoms with E-state index in [1.165, 1.54) is 29.2 Å². The molecule has 33 heavy (non-hydrogen) atoms. The molecule has 0 heterocycles. The zero-order valence-electron chi connectivity index (χ0n) is 17.5. The van der Waals surface area contributed by atoms with Crippen molar-refractivity contribution >= 4 is 34.8 Å². The third-order valence-electron chi connectivity index (χ3n) is 4.68. The SMILES string of the molecule is CN(CCOc1ccccc1F)C(=O)c1ccccc1NC(=O)c1ccc([N+](=O)[O-])cc1Cl. The summed E-state index contributed by atoms with van der Waals surface area (Å²) in [7, 11) is 1.55. The zero-order chi connectivity index (χ0) is 24.0. The van der Waals surface area contributed by atoms with Crippen LogP contribution in [0, 0.1) is 15.9 Å². The Bertz CT molecular complexity index is 1200. The van der Waals surface area contributed by atoms with Gasteiger partial charge in [0.25, 0.3) is 17.5 Å². The van der Waals surface area contributed by atoms with Crippen LogP contribution in [0.5, 0.6) is 5.75 Å². The first-order valence-corrected chi connectivity index (χ1v) is 10.1. The summed E-state index contributed by atoms with van der Waals surface area (Å²) in [5, 5.41) is 13.4. The molecule has 1 N–H and O–H groups in total. The first kappa shape index (κ1) is 23.7. The van der Waals surface area contributed by atoms with Gasteiger partial charge in [-0.05, 0) is 30.3 Å². The summed E-state index contributed by atoms with van der Waals surface area (Å²) in [5.41, 5.74) is 0.239. The van der Waals surface area contributed by atoms with Gasteiger partial charge < -0.3 is 15.0 Å². The number of nitro groups is 1. The topological polar surface area (TPSA) is 102 Å². The summed E-state index contributed by atoms with van der Waals surface area (Å²) in [6, 6.07) is 15.8. The molecule has 0 bridgehead atoms. The summed E-state index contributed by atoms with van der Waals surface area (Å²) in [5.74, 6) is -1.42. The molecule has 0 aliphatic rings. The normalized spacial score (nSPS) is 10.4. The number of likely N-dealkylation sites (N-methyl/N-ethyl adjacent to an activating group) is 1. The minimum atomic E-state index is -0.624. The molecule has 0 unspecified atom stereocenters. The van der Waals surface area contributed by atoms with Crippen molar-refractivity contribution in [3.05, 3.63) is 98.8 Å². The van der Waals surface area contributed by atoms with Crippen molar-refractivity contribution < 1.29 is 23.6 Å². The second-order valence-electron chi connectivity index (χ2n) is 6.93. The minimum Gasteiger partial charge on any atom is -0.489 e. The molecule has 0 radical (unpaired) electrons. The smallest absolute Gasteiger partial charge is 0.270 e. The maximum absolute atomic E-state index is 13.7. The van der Waals surface area contributed by atoms with E-state index in [1.807, 2.05) is 0 Å². The van der Waals surface area contributed by atoms with Gasteiger partial charge in [-0.2, -0.15) is 0 Å². The van der Waals surface area contributed by atoms with Crippen molar-refractivity contribution in [2.24, 2.45) is 0 Å². The molecule has 0 aliphatic carbocycles. The highest BCUT2D eigenvalue weighted by molar-refractivity contribution is 6.34. The van der Waals surface area contributed by atoms with Crippen LogP contribution in [0.25, 0.3) is 0 Å². The first-order valence-electron chi connectivity index (χ1n) is 9.75. The van der Waals surface area contributed by atoms with Gasteiger partial charge in [-0.15, -0.1) is 0 Å². The molecule has 170 valence electrons. The Labute approximate surface area is 193 Å². The van der Waals surface area contributed by atoms with Crippen LogP contribution in [0.4, 0.5) is 15.8 Å². The fourth-order valence-electron chi connectivity index (χ4n) is 2.93. The molecule has 8 nitrogen and oxygen atoms in total. The maximum atomic E-state index is 13.7. The molecular formula is C23H19ClFN3O5. The number of hydrogen-bond donors (Lipinski definition) is 1. The molecule has 0 atom stereocenters. The Balaban J connectivity index is 1.69. The van der Waals surface area contributed by atoms with Crippen molar-refractivity contribution in [3.63, 3.8) is 0 Å². The average molecular weight is 472 g/mol. The summed E-state index contributed by atoms with van der Waals surface area (Å²) in [6.45, 7) is 0.236. The molecule has 0 fully saturated rings. The molecule has 3 rings (SSSR count). The van der Waals surface area contributed by atoms with E-state index < -0.39 is 22.6 Å². The zero-order valence-corrected chi connectivity index (χ0v) is 18.2. The number of para-hydroxylation sites is 2. The Morgan fingerprint density at radius 1 is 1.09 bits per heavy atom. The highest BCUT2D eigenvalue weighted by Gasteiger charge is 2.20. The van der Waals surface area contributed by atoms with E-state index in [2.05, 4.69) is 5.32 Å². The number of nitrogens with zero attached hydrogens (tertiary/aromatic N) is 2. The molecule has 3 aromatic carbocycles. The van der Waals surface area contributed by atoms with E-state index in [4.69, 9.17) is 16.3 Å². The van der Waals surface area contributed by atoms with Gasteiger partial charge in [-0.1, -0.05) is 35.9 Å². The van der Waals surface area contributed by atoms with Gasteiger partial charge >= 0.3 is 0 Å². The van der Waals surface area contributed by atoms with Crippen LogP contribution in [0.2, 0.25) is 5.02 Å². The Morgan fingerprint density at radius 3 is 2.48 bits per heavy atom. The van der Waals surface area contributed by atoms with Crippen molar-refractivity contribution in [3.8, 4) is 5.75 Å². The number of rotatable bonds is 8. The van der Waals surface area contributed by atoms with Crippen LogP contribution >= 0.6 is 11.6 Å². The number of anilines is 1. The van der Waals surface area contributed by atoms with Gasteiger partial charge in [0, 0.05) is 19.2 Å². The van der Waals surface area contributed by atoms with Crippen LogP contribution in [0.15, 0.2) is 66.7 Å². The van der Waals surface area contributed by atoms with E-state index in [1.54, 1.807) is 43.4 Å². The Kier molecular flexibility index (Phi) is 7.57. The number of benzene rings is 3. The number of nitro benzene ring substituents is 1. The van der Waals surface area contributed by atoms with Crippen LogP contribution in [-0.2, 0) is 0 Å². The predicted molar refractivity (Wildman–Crippen MR) is 121 cm³/mol. The largest absolute Gasteiger partial charge is 0.489 e. The molecule has 0 aliphatic heterocycles. The fraction of sp³-hybridized carbons (Fsp3) is 0.130. The maximum Gasteiger partial charge on any atom is 0.270 e. The van der Waals surface area contributed by atoms with Gasteiger partial charge in [0.2, 0.25) is 0 Å². The van der Waals surface area contributed by atoms with E-state index in [0.29, 0.717) is 0 Å². The van der Waals surface area contributed by atoms with Gasteiger partial charge in [-0.3, -0.25) is 19.7 Å². The number of hydrogen-bond acceptors (Lipinski definition) is 5. The number of carbonyl (C=O) groups is 2. The van der Waals surface area contributed by atoms with Gasteiger partial charge in [-0.25, -0.2) is 4.39 Å². The lowest BCUT2D eigenvalue weighted by atomic mass is 10.1. The van der Waals surface area contributed by atoms with Gasteiger partial charge in [0.15, 0.2) is 11.6 Å². The standard InChI is InChI=1S/C23H19ClFN3O5/c1-27(12-13-33-21-9-5-3-7-19(21)25)23(30)17-6-2-4-8-20(17)26-22(29)16-11-10-15(28(31)32)14-18(16)24/h2-11,14H,12-13H2,1H3,(H,26,29). The fourth-order valence-corrected chi connectivity index (χ4v) is 3.19. The highest BCUT2D eigenvalue weighted by Crippen LogP contribution is 2.25. The third kappa shape index (κ3) is 5.83. The molecule has 0 aromatic heterocycles. The van der Waals surface area contributed by atoms with E-state index in [0.717, 1.165) is 6.07 Å². The summed E-state index contributed by atoms with van der Waals surface area (Å²) >= 11 is 6.03. The molecular weight excluding hydrogens is 453 g/mol. The lowest BCUT2D eigenvalue weighted by molar-refractivity contribution is -0.384. The second kappa shape index (κ2) is 10.6. The Morgan fingerprint density at radius 2 is 1.79 bits per heavy atom. The van der Waals surface area contributed by atoms with Crippen LogP contribution in [0.3, 0.4) is 0 Å². The average Bonchev–Trinajstić information content (AvgIpc) is 2.80. The molecule has 3 aromatic rings. The van der Waals surface area contributed by atoms with Crippen LogP contribution in [0.1, 0.15) is 20.7 Å². The number of ether oxygens (including phenoxy) is 1. The second-order valence-corrected chi connectivity index (χ2v) is 7.33. The van der Waals surface area contributed by atoms with Crippen molar-refractivity contribution in [1.82, 2.24) is 4.90 Å². The van der Waals surface area contributed by atoms with Crippen LogP contribution < -0.4 is 10.1 Å². The van der Waals surface area contributed by atoms with Crippen molar-refractivity contribution in [1.29, 1.82) is 0 Å². The van der Waals surface area contributed by atoms with E-state index >= 15 is 0 Å². The van der Waals surface area contributed by atoms with E-state index in [-0.39, 0.29) is 46.4 Å². The molecule has 10 heteroatoms. The predicted octanol–water partition coefficient (Wildman–Crippen LogP) is 4.79. The minimum absolute atomic E-state index is 0.0242. The molecule has 2 amide bonds. The summed E-state index contributed by atoms with van der Waals surface area (Å²) in [6.07, 6.45) is 0. The van der Waals surface area contributed by atoms with Gasteiger partial charge in [0.05, 0.1) is 33.3 Å². The number of nitrogens with one attached hydrogen (secondary N) is 1. The lowest BCUT2D eigenvalue weighted by Crippen LogP contribution is -2.31. The lowest BCUT2D eigenvalue weighted by Gasteiger charge is -2.19. The third-order valence-corrected chi connectivity index (χ3v) is 4.99. The van der Waals surface area contributed by atoms with Crippen molar-refractivity contribution in [2.75, 3.05) is 25.5 Å². The first-order chi connectivity index (χ1) is 15.8. The summed E-state index contributed by atoms with van der Waals surface area (Å²) < 4.78 is 19.0.